The molecule has 0 radical (unpaired) electrons. The molecule has 66 valence electrons. The van der Waals surface area contributed by atoms with Gasteiger partial charge >= 0.3 is 0 Å². The highest BCUT2D eigenvalue weighted by Crippen LogP contribution is 2.22. The molecule has 1 aliphatic rings. The average Bonchev–Trinajstić information content (AvgIpc) is 2.06. The van der Waals surface area contributed by atoms with Crippen molar-refractivity contribution in [2.24, 2.45) is 0 Å². The Morgan fingerprint density at radius 1 is 1.50 bits per heavy atom. The number of rotatable bonds is 3. The van der Waals surface area contributed by atoms with E-state index in [9.17, 15) is 0 Å². The second-order valence-electron chi connectivity index (χ2n) is 3.33. The van der Waals surface area contributed by atoms with Crippen LogP contribution in [0.4, 0.5) is 0 Å². The van der Waals surface area contributed by atoms with Gasteiger partial charge in [0.15, 0.2) is 0 Å². The zero-order valence-corrected chi connectivity index (χ0v) is 7.98. The molecule has 0 bridgehead atoms. The number of hydrogen-bond donors (Lipinski definition) is 1. The zero-order chi connectivity index (χ0) is 8.97. The summed E-state index contributed by atoms with van der Waals surface area (Å²) in [7, 11) is 1.98. The van der Waals surface area contributed by atoms with Gasteiger partial charge in [-0.05, 0) is 32.4 Å². The fourth-order valence-corrected chi connectivity index (χ4v) is 1.41. The summed E-state index contributed by atoms with van der Waals surface area (Å²) in [6.07, 6.45) is 6.74. The molecule has 1 aliphatic carbocycles. The highest BCUT2D eigenvalue weighted by atomic mass is 14.8. The molecule has 0 amide bonds. The fraction of sp³-hybridized carbons (Fsp3) is 0.455. The molecule has 0 saturated carbocycles. The monoisotopic (exact) mass is 163 g/mol. The summed E-state index contributed by atoms with van der Waals surface area (Å²) in [6.45, 7) is 7.02. The van der Waals surface area contributed by atoms with Crippen LogP contribution in [-0.2, 0) is 0 Å². The Morgan fingerprint density at radius 3 is 2.67 bits per heavy atom. The smallest absolute Gasteiger partial charge is 0.0164 e. The summed E-state index contributed by atoms with van der Waals surface area (Å²) < 4.78 is 0. The van der Waals surface area contributed by atoms with Crippen LogP contribution in [0.15, 0.2) is 35.5 Å². The van der Waals surface area contributed by atoms with Crippen LogP contribution in [0.5, 0.6) is 0 Å². The molecule has 1 N–H and O–H groups in total. The summed E-state index contributed by atoms with van der Waals surface area (Å²) >= 11 is 0. The lowest BCUT2D eigenvalue weighted by Crippen LogP contribution is -2.11. The molecule has 0 unspecified atom stereocenters. The van der Waals surface area contributed by atoms with Crippen LogP contribution in [0.1, 0.15) is 19.8 Å². The van der Waals surface area contributed by atoms with Gasteiger partial charge in [-0.15, -0.1) is 0 Å². The Bertz CT molecular complexity index is 233. The van der Waals surface area contributed by atoms with Crippen molar-refractivity contribution in [3.8, 4) is 0 Å². The SMILES string of the molecule is C=C(C)C1=CC=C(CNC)CC1. The number of nitrogens with one attached hydrogen (secondary N) is 1. The molecule has 1 heteroatoms. The summed E-state index contributed by atoms with van der Waals surface area (Å²) in [5.41, 5.74) is 4.09. The Labute approximate surface area is 74.9 Å². The van der Waals surface area contributed by atoms with Crippen LogP contribution >= 0.6 is 0 Å². The first-order chi connectivity index (χ1) is 5.74. The van der Waals surface area contributed by atoms with Crippen molar-refractivity contribution >= 4 is 0 Å². The van der Waals surface area contributed by atoms with Gasteiger partial charge in [-0.2, -0.15) is 0 Å². The van der Waals surface area contributed by atoms with E-state index < -0.39 is 0 Å². The minimum atomic E-state index is 1.01. The second kappa shape index (κ2) is 4.27. The van der Waals surface area contributed by atoms with Crippen molar-refractivity contribution in [3.63, 3.8) is 0 Å². The third kappa shape index (κ3) is 2.35. The first-order valence-electron chi connectivity index (χ1n) is 4.43. The van der Waals surface area contributed by atoms with Gasteiger partial charge in [0.1, 0.15) is 0 Å². The quantitative estimate of drug-likeness (QED) is 0.673. The van der Waals surface area contributed by atoms with Gasteiger partial charge < -0.3 is 5.32 Å². The maximum atomic E-state index is 3.94. The molecule has 0 fully saturated rings. The molecule has 0 aliphatic heterocycles. The van der Waals surface area contributed by atoms with Crippen molar-refractivity contribution < 1.29 is 0 Å². The Balaban J connectivity index is 2.60. The van der Waals surface area contributed by atoms with Crippen LogP contribution in [0, 0.1) is 0 Å². The Kier molecular flexibility index (Phi) is 3.30. The predicted molar refractivity (Wildman–Crippen MR) is 54.1 cm³/mol. The number of hydrogen-bond acceptors (Lipinski definition) is 1. The Morgan fingerprint density at radius 2 is 2.25 bits per heavy atom. The van der Waals surface area contributed by atoms with E-state index in [0.29, 0.717) is 0 Å². The molecule has 12 heavy (non-hydrogen) atoms. The molecule has 0 aromatic heterocycles. The predicted octanol–water partition coefficient (Wildman–Crippen LogP) is 2.43. The number of likely N-dealkylation sites (N-methyl/N-ethyl adjacent to an activating group) is 1. The highest BCUT2D eigenvalue weighted by molar-refractivity contribution is 5.35. The molecule has 1 rings (SSSR count). The first kappa shape index (κ1) is 9.27. The van der Waals surface area contributed by atoms with Crippen LogP contribution in [-0.4, -0.2) is 13.6 Å². The van der Waals surface area contributed by atoms with Crippen LogP contribution < -0.4 is 5.32 Å². The summed E-state index contributed by atoms with van der Waals surface area (Å²) in [5.74, 6) is 0. The lowest BCUT2D eigenvalue weighted by atomic mass is 9.95. The van der Waals surface area contributed by atoms with E-state index in [2.05, 4.69) is 31.0 Å². The van der Waals surface area contributed by atoms with Crippen molar-refractivity contribution in [2.45, 2.75) is 19.8 Å². The van der Waals surface area contributed by atoms with Gasteiger partial charge in [-0.25, -0.2) is 0 Å². The van der Waals surface area contributed by atoms with Gasteiger partial charge in [-0.1, -0.05) is 29.9 Å². The second-order valence-corrected chi connectivity index (χ2v) is 3.33. The summed E-state index contributed by atoms with van der Waals surface area (Å²) in [6, 6.07) is 0. The van der Waals surface area contributed by atoms with Crippen LogP contribution in [0.25, 0.3) is 0 Å². The van der Waals surface area contributed by atoms with Gasteiger partial charge in [0.25, 0.3) is 0 Å². The van der Waals surface area contributed by atoms with Crippen molar-refractivity contribution in [1.82, 2.24) is 5.32 Å². The zero-order valence-electron chi connectivity index (χ0n) is 7.98. The largest absolute Gasteiger partial charge is 0.316 e. The molecule has 0 spiro atoms. The van der Waals surface area contributed by atoms with Crippen molar-refractivity contribution in [1.29, 1.82) is 0 Å². The third-order valence-corrected chi connectivity index (χ3v) is 2.19. The van der Waals surface area contributed by atoms with E-state index in [-0.39, 0.29) is 0 Å². The topological polar surface area (TPSA) is 12.0 Å². The van der Waals surface area contributed by atoms with Gasteiger partial charge in [0.05, 0.1) is 0 Å². The maximum absolute atomic E-state index is 3.94. The summed E-state index contributed by atoms with van der Waals surface area (Å²) in [5, 5.41) is 3.16. The molecular formula is C11H17N. The van der Waals surface area contributed by atoms with Gasteiger partial charge in [-0.3, -0.25) is 0 Å². The minimum absolute atomic E-state index is 1.01. The maximum Gasteiger partial charge on any atom is 0.0164 e. The van der Waals surface area contributed by atoms with E-state index in [1.165, 1.54) is 23.1 Å². The minimum Gasteiger partial charge on any atom is -0.316 e. The number of allylic oxidation sites excluding steroid dienone is 4. The molecular weight excluding hydrogens is 146 g/mol. The lowest BCUT2D eigenvalue weighted by Gasteiger charge is -2.14. The normalized spacial score (nSPS) is 16.8. The molecule has 0 aromatic rings. The van der Waals surface area contributed by atoms with Gasteiger partial charge in [0.2, 0.25) is 0 Å². The van der Waals surface area contributed by atoms with Gasteiger partial charge in [0, 0.05) is 6.54 Å². The van der Waals surface area contributed by atoms with E-state index >= 15 is 0 Å². The Hall–Kier alpha value is -0.820. The lowest BCUT2D eigenvalue weighted by molar-refractivity contribution is 0.801. The van der Waals surface area contributed by atoms with Crippen LogP contribution in [0.3, 0.4) is 0 Å². The van der Waals surface area contributed by atoms with E-state index in [1.807, 2.05) is 7.05 Å². The van der Waals surface area contributed by atoms with Crippen molar-refractivity contribution in [2.75, 3.05) is 13.6 Å². The fourth-order valence-electron chi connectivity index (χ4n) is 1.41. The average molecular weight is 163 g/mol. The summed E-state index contributed by atoms with van der Waals surface area (Å²) in [4.78, 5) is 0. The van der Waals surface area contributed by atoms with E-state index in [0.717, 1.165) is 13.0 Å². The van der Waals surface area contributed by atoms with E-state index in [4.69, 9.17) is 0 Å². The standard InChI is InChI=1S/C11H17N/c1-9(2)11-6-4-10(5-7-11)8-12-3/h4,6,12H,1,5,7-8H2,2-3H3. The molecule has 0 atom stereocenters. The molecule has 0 saturated heterocycles. The third-order valence-electron chi connectivity index (χ3n) is 2.19. The molecule has 0 heterocycles. The van der Waals surface area contributed by atoms with E-state index in [1.54, 1.807) is 0 Å². The molecule has 0 aromatic carbocycles. The van der Waals surface area contributed by atoms with Crippen molar-refractivity contribution in [3.05, 3.63) is 35.5 Å². The molecule has 1 nitrogen and oxygen atoms in total. The highest BCUT2D eigenvalue weighted by Gasteiger charge is 2.05. The first-order valence-corrected chi connectivity index (χ1v) is 4.43. The van der Waals surface area contributed by atoms with Crippen LogP contribution in [0.2, 0.25) is 0 Å².